The molecule has 42 heavy (non-hydrogen) atoms. The number of amides is 1. The molecule has 5 aromatic rings. The molecule has 1 amide bonds. The molecule has 0 unspecified atom stereocenters. The van der Waals surface area contributed by atoms with Crippen LogP contribution in [0.15, 0.2) is 97.5 Å². The van der Waals surface area contributed by atoms with Crippen LogP contribution < -0.4 is 19.8 Å². The van der Waals surface area contributed by atoms with Crippen LogP contribution in [0.2, 0.25) is 0 Å². The topological polar surface area (TPSA) is 120 Å². The normalized spacial score (nSPS) is 13.6. The minimum absolute atomic E-state index is 0.329. The van der Waals surface area contributed by atoms with E-state index in [1.165, 1.54) is 11.8 Å². The minimum Gasteiger partial charge on any atom is -0.368 e. The van der Waals surface area contributed by atoms with E-state index in [1.54, 1.807) is 18.2 Å². The summed E-state index contributed by atoms with van der Waals surface area (Å²) in [6.07, 6.45) is 6.55. The van der Waals surface area contributed by atoms with Gasteiger partial charge in [0.15, 0.2) is 0 Å². The van der Waals surface area contributed by atoms with Gasteiger partial charge in [-0.15, -0.1) is 0 Å². The Hall–Kier alpha value is -5.03. The zero-order valence-corrected chi connectivity index (χ0v) is 23.8. The third kappa shape index (κ3) is 6.31. The lowest BCUT2D eigenvalue weighted by molar-refractivity contribution is 0.102. The first-order chi connectivity index (χ1) is 20.3. The first-order valence-electron chi connectivity index (χ1n) is 13.5. The van der Waals surface area contributed by atoms with Crippen molar-refractivity contribution in [2.45, 2.75) is 0 Å². The second-order valence-corrected chi connectivity index (χ2v) is 11.8. The van der Waals surface area contributed by atoms with Crippen molar-refractivity contribution >= 4 is 49.8 Å². The van der Waals surface area contributed by atoms with Crippen LogP contribution >= 0.6 is 0 Å². The zero-order chi connectivity index (χ0) is 29.1. The van der Waals surface area contributed by atoms with Gasteiger partial charge in [-0.3, -0.25) is 19.5 Å². The maximum atomic E-state index is 12.8. The third-order valence-electron chi connectivity index (χ3n) is 7.07. The van der Waals surface area contributed by atoms with Gasteiger partial charge in [0.2, 0.25) is 10.0 Å². The number of piperazine rings is 1. The molecule has 0 bridgehead atoms. The molecule has 212 valence electrons. The molecule has 1 aliphatic heterocycles. The van der Waals surface area contributed by atoms with Gasteiger partial charge in [-0.2, -0.15) is 0 Å². The highest BCUT2D eigenvalue weighted by Gasteiger charge is 2.19. The second kappa shape index (κ2) is 11.5. The number of hydrogen-bond acceptors (Lipinski definition) is 8. The van der Waals surface area contributed by atoms with E-state index in [2.05, 4.69) is 29.8 Å². The van der Waals surface area contributed by atoms with Crippen molar-refractivity contribution in [3.63, 3.8) is 0 Å². The van der Waals surface area contributed by atoms with Crippen LogP contribution in [0.1, 0.15) is 10.4 Å². The summed E-state index contributed by atoms with van der Waals surface area (Å²) < 4.78 is 25.4. The maximum Gasteiger partial charge on any atom is 0.255 e. The van der Waals surface area contributed by atoms with Crippen molar-refractivity contribution in [1.29, 1.82) is 0 Å². The second-order valence-electron chi connectivity index (χ2n) is 10.1. The van der Waals surface area contributed by atoms with Gasteiger partial charge in [0.1, 0.15) is 5.82 Å². The van der Waals surface area contributed by atoms with E-state index < -0.39 is 10.0 Å². The molecule has 0 radical (unpaired) electrons. The van der Waals surface area contributed by atoms with Crippen LogP contribution in [0.5, 0.6) is 0 Å². The monoisotopic (exact) mass is 579 g/mol. The lowest BCUT2D eigenvalue weighted by Gasteiger charge is -2.36. The highest BCUT2D eigenvalue weighted by molar-refractivity contribution is 7.92. The Morgan fingerprint density at radius 3 is 2.24 bits per heavy atom. The molecule has 1 saturated heterocycles. The molecular weight excluding hydrogens is 550 g/mol. The molecule has 0 spiro atoms. The van der Waals surface area contributed by atoms with Crippen LogP contribution in [0.4, 0.5) is 22.9 Å². The Kier molecular flexibility index (Phi) is 7.41. The molecule has 1 aliphatic rings. The third-order valence-corrected chi connectivity index (χ3v) is 7.67. The summed E-state index contributed by atoms with van der Waals surface area (Å²) in [6, 6.07) is 24.0. The zero-order valence-electron chi connectivity index (χ0n) is 22.9. The quantitative estimate of drug-likeness (QED) is 0.286. The number of benzene rings is 3. The van der Waals surface area contributed by atoms with E-state index in [9.17, 15) is 13.2 Å². The van der Waals surface area contributed by atoms with Crippen LogP contribution in [0, 0.1) is 0 Å². The van der Waals surface area contributed by atoms with Gasteiger partial charge in [-0.1, -0.05) is 24.3 Å². The highest BCUT2D eigenvalue weighted by atomic mass is 32.2. The average molecular weight is 580 g/mol. The SMILES string of the molecule is CS(=O)(=O)Nc1cccc(C(=O)Nc2ccc(-c3ccc4ncc(N5CCN(c6ccncc6)CC5)nc4c3)cc2)c1. The summed E-state index contributed by atoms with van der Waals surface area (Å²) in [5.41, 5.74) is 6.10. The number of carbonyl (C=O) groups is 1. The summed E-state index contributed by atoms with van der Waals surface area (Å²) in [4.78, 5) is 31.1. The number of aromatic nitrogens is 3. The molecular formula is C31H29N7O3S. The van der Waals surface area contributed by atoms with Gasteiger partial charge >= 0.3 is 0 Å². The number of sulfonamides is 1. The molecule has 6 rings (SSSR count). The Labute approximate surface area is 244 Å². The Morgan fingerprint density at radius 1 is 0.786 bits per heavy atom. The summed E-state index contributed by atoms with van der Waals surface area (Å²) >= 11 is 0. The Balaban J connectivity index is 1.14. The van der Waals surface area contributed by atoms with E-state index in [1.807, 2.05) is 73.2 Å². The predicted octanol–water partition coefficient (Wildman–Crippen LogP) is 4.64. The largest absolute Gasteiger partial charge is 0.368 e. The average Bonchev–Trinajstić information content (AvgIpc) is 3.01. The first kappa shape index (κ1) is 27.2. The maximum absolute atomic E-state index is 12.8. The molecule has 11 heteroatoms. The molecule has 3 aromatic carbocycles. The molecule has 10 nitrogen and oxygen atoms in total. The van der Waals surface area contributed by atoms with Gasteiger partial charge in [0.05, 0.1) is 23.5 Å². The van der Waals surface area contributed by atoms with Crippen molar-refractivity contribution in [3.05, 3.63) is 103 Å². The smallest absolute Gasteiger partial charge is 0.255 e. The molecule has 0 saturated carbocycles. The van der Waals surface area contributed by atoms with E-state index >= 15 is 0 Å². The van der Waals surface area contributed by atoms with Crippen LogP contribution in [0.25, 0.3) is 22.2 Å². The van der Waals surface area contributed by atoms with E-state index in [0.29, 0.717) is 16.9 Å². The fourth-order valence-corrected chi connectivity index (χ4v) is 5.52. The molecule has 2 aromatic heterocycles. The predicted molar refractivity (Wildman–Crippen MR) is 166 cm³/mol. The van der Waals surface area contributed by atoms with Gasteiger partial charge in [0.25, 0.3) is 5.91 Å². The number of fused-ring (bicyclic) bond motifs is 1. The number of nitrogens with zero attached hydrogens (tertiary/aromatic N) is 5. The first-order valence-corrected chi connectivity index (χ1v) is 15.4. The number of pyridine rings is 1. The van der Waals surface area contributed by atoms with Crippen LogP contribution in [0.3, 0.4) is 0 Å². The summed E-state index contributed by atoms with van der Waals surface area (Å²) in [5, 5.41) is 2.86. The fourth-order valence-electron chi connectivity index (χ4n) is 4.97. The summed E-state index contributed by atoms with van der Waals surface area (Å²) in [6.45, 7) is 3.51. The van der Waals surface area contributed by atoms with Gasteiger partial charge in [-0.05, 0) is 65.7 Å². The lowest BCUT2D eigenvalue weighted by atomic mass is 10.0. The molecule has 0 aliphatic carbocycles. The van der Waals surface area contributed by atoms with E-state index in [0.717, 1.165) is 60.4 Å². The molecule has 1 fully saturated rings. The van der Waals surface area contributed by atoms with Crippen molar-refractivity contribution in [2.75, 3.05) is 52.3 Å². The molecule has 2 N–H and O–H groups in total. The van der Waals surface area contributed by atoms with Crippen LogP contribution in [-0.4, -0.2) is 61.7 Å². The number of anilines is 4. The molecule has 3 heterocycles. The standard InChI is InChI=1S/C31H29N7O3S/c1-42(40,41)36-26-4-2-3-24(19-26)31(39)34-25-8-5-22(6-9-25)23-7-10-28-29(20-23)35-30(21-33-28)38-17-15-37(16-18-38)27-11-13-32-14-12-27/h2-14,19-21,36H,15-18H2,1H3,(H,34,39). The van der Waals surface area contributed by atoms with E-state index in [-0.39, 0.29) is 5.91 Å². The number of hydrogen-bond donors (Lipinski definition) is 2. The Morgan fingerprint density at radius 2 is 1.50 bits per heavy atom. The van der Waals surface area contributed by atoms with Gasteiger partial charge in [0, 0.05) is 61.2 Å². The van der Waals surface area contributed by atoms with Crippen LogP contribution in [-0.2, 0) is 10.0 Å². The Bertz CT molecular complexity index is 1840. The molecule has 0 atom stereocenters. The lowest BCUT2D eigenvalue weighted by Crippen LogP contribution is -2.46. The fraction of sp³-hybridized carbons (Fsp3) is 0.161. The van der Waals surface area contributed by atoms with Crippen molar-refractivity contribution in [2.24, 2.45) is 0 Å². The summed E-state index contributed by atoms with van der Waals surface area (Å²) in [5.74, 6) is 0.526. The number of nitrogens with one attached hydrogen (secondary N) is 2. The minimum atomic E-state index is -3.44. The van der Waals surface area contributed by atoms with Gasteiger partial charge in [-0.25, -0.2) is 13.4 Å². The highest BCUT2D eigenvalue weighted by Crippen LogP contribution is 2.26. The van der Waals surface area contributed by atoms with Gasteiger partial charge < -0.3 is 15.1 Å². The van der Waals surface area contributed by atoms with E-state index in [4.69, 9.17) is 4.98 Å². The summed E-state index contributed by atoms with van der Waals surface area (Å²) in [7, 11) is -3.44. The number of rotatable bonds is 7. The van der Waals surface area contributed by atoms with Crippen molar-refractivity contribution in [1.82, 2.24) is 15.0 Å². The van der Waals surface area contributed by atoms with Crippen molar-refractivity contribution < 1.29 is 13.2 Å². The van der Waals surface area contributed by atoms with Crippen molar-refractivity contribution in [3.8, 4) is 11.1 Å². The number of carbonyl (C=O) groups excluding carboxylic acids is 1.